The molecule has 0 atom stereocenters. The van der Waals surface area contributed by atoms with Gasteiger partial charge in [-0.25, -0.2) is 0 Å². The highest BCUT2D eigenvalue weighted by Crippen LogP contribution is 2.29. The molecule has 1 aliphatic rings. The minimum absolute atomic E-state index is 0. The summed E-state index contributed by atoms with van der Waals surface area (Å²) in [4.78, 5) is 12.4. The normalized spacial score (nSPS) is 16.9. The molecular formula is C11H16Cl2N2OS. The van der Waals surface area contributed by atoms with E-state index in [-0.39, 0.29) is 23.9 Å². The van der Waals surface area contributed by atoms with E-state index < -0.39 is 0 Å². The Kier molecular flexibility index (Phi) is 4.84. The van der Waals surface area contributed by atoms with Crippen LogP contribution in [0.3, 0.4) is 0 Å². The molecule has 1 saturated carbocycles. The summed E-state index contributed by atoms with van der Waals surface area (Å²) in [5.74, 6) is -0.111. The minimum atomic E-state index is -0.186. The molecule has 17 heavy (non-hydrogen) atoms. The number of hydrogen-bond donors (Lipinski definition) is 2. The second-order valence-corrected chi connectivity index (χ2v) is 5.72. The maximum Gasteiger partial charge on any atom is 0.262 e. The van der Waals surface area contributed by atoms with E-state index >= 15 is 0 Å². The number of amides is 1. The standard InChI is InChI=1S/C11H15ClN2OS.ClH/c1-7-5-16-9(8(7)12)10(15)14-6-11(13)3-2-4-11;/h5H,2-4,6,13H2,1H3,(H,14,15);1H. The van der Waals surface area contributed by atoms with E-state index in [1.165, 1.54) is 11.3 Å². The fraction of sp³-hybridized carbons (Fsp3) is 0.545. The summed E-state index contributed by atoms with van der Waals surface area (Å²) in [7, 11) is 0. The van der Waals surface area contributed by atoms with Gasteiger partial charge in [-0.15, -0.1) is 23.7 Å². The van der Waals surface area contributed by atoms with Crippen molar-refractivity contribution in [1.29, 1.82) is 0 Å². The molecule has 0 unspecified atom stereocenters. The summed E-state index contributed by atoms with van der Waals surface area (Å²) in [5, 5.41) is 5.30. The van der Waals surface area contributed by atoms with E-state index in [1.807, 2.05) is 12.3 Å². The molecule has 1 aromatic rings. The molecule has 0 bridgehead atoms. The Morgan fingerprint density at radius 2 is 2.29 bits per heavy atom. The minimum Gasteiger partial charge on any atom is -0.349 e. The molecule has 6 heteroatoms. The Hall–Kier alpha value is -0.290. The van der Waals surface area contributed by atoms with Crippen LogP contribution in [0.25, 0.3) is 0 Å². The molecule has 0 radical (unpaired) electrons. The highest BCUT2D eigenvalue weighted by atomic mass is 35.5. The van der Waals surface area contributed by atoms with Crippen LogP contribution in [-0.4, -0.2) is 18.0 Å². The van der Waals surface area contributed by atoms with Gasteiger partial charge in [0.1, 0.15) is 4.88 Å². The lowest BCUT2D eigenvalue weighted by molar-refractivity contribution is 0.0934. The van der Waals surface area contributed by atoms with Crippen LogP contribution in [0.15, 0.2) is 5.38 Å². The first kappa shape index (κ1) is 14.8. The van der Waals surface area contributed by atoms with Gasteiger partial charge in [-0.05, 0) is 37.1 Å². The number of nitrogens with one attached hydrogen (secondary N) is 1. The van der Waals surface area contributed by atoms with Crippen molar-refractivity contribution >= 4 is 41.3 Å². The average Bonchev–Trinajstić information content (AvgIpc) is 2.54. The van der Waals surface area contributed by atoms with Gasteiger partial charge in [-0.3, -0.25) is 4.79 Å². The van der Waals surface area contributed by atoms with E-state index in [4.69, 9.17) is 17.3 Å². The lowest BCUT2D eigenvalue weighted by Crippen LogP contribution is -2.54. The molecule has 2 rings (SSSR count). The fourth-order valence-electron chi connectivity index (χ4n) is 1.73. The number of aryl methyl sites for hydroxylation is 1. The molecule has 0 aromatic carbocycles. The molecule has 0 spiro atoms. The second kappa shape index (κ2) is 5.57. The van der Waals surface area contributed by atoms with E-state index in [1.54, 1.807) is 0 Å². The molecule has 1 aromatic heterocycles. The summed E-state index contributed by atoms with van der Waals surface area (Å²) in [5.41, 5.74) is 6.79. The maximum absolute atomic E-state index is 11.8. The van der Waals surface area contributed by atoms with Crippen molar-refractivity contribution in [3.05, 3.63) is 20.8 Å². The van der Waals surface area contributed by atoms with Crippen LogP contribution in [0, 0.1) is 6.92 Å². The summed E-state index contributed by atoms with van der Waals surface area (Å²) in [6.45, 7) is 2.44. The molecule has 0 saturated heterocycles. The van der Waals surface area contributed by atoms with Crippen molar-refractivity contribution in [1.82, 2.24) is 5.32 Å². The topological polar surface area (TPSA) is 55.1 Å². The van der Waals surface area contributed by atoms with Gasteiger partial charge in [0.25, 0.3) is 5.91 Å². The molecular weight excluding hydrogens is 279 g/mol. The zero-order valence-corrected chi connectivity index (χ0v) is 12.0. The molecule has 1 heterocycles. The number of halogens is 2. The number of nitrogens with two attached hydrogens (primary N) is 1. The number of carbonyl (C=O) groups is 1. The van der Waals surface area contributed by atoms with Gasteiger partial charge in [-0.1, -0.05) is 11.6 Å². The second-order valence-electron chi connectivity index (χ2n) is 4.46. The fourth-order valence-corrected chi connectivity index (χ4v) is 2.92. The van der Waals surface area contributed by atoms with E-state index in [0.29, 0.717) is 16.4 Å². The summed E-state index contributed by atoms with van der Waals surface area (Å²) >= 11 is 7.40. The molecule has 1 fully saturated rings. The van der Waals surface area contributed by atoms with Crippen LogP contribution in [0.1, 0.15) is 34.5 Å². The van der Waals surface area contributed by atoms with Gasteiger partial charge < -0.3 is 11.1 Å². The van der Waals surface area contributed by atoms with Crippen molar-refractivity contribution in [2.75, 3.05) is 6.54 Å². The zero-order valence-electron chi connectivity index (χ0n) is 9.59. The number of carbonyl (C=O) groups excluding carboxylic acids is 1. The van der Waals surface area contributed by atoms with Gasteiger partial charge in [-0.2, -0.15) is 0 Å². The molecule has 0 aliphatic heterocycles. The van der Waals surface area contributed by atoms with E-state index in [0.717, 1.165) is 24.8 Å². The first-order valence-electron chi connectivity index (χ1n) is 5.32. The third kappa shape index (κ3) is 3.13. The van der Waals surface area contributed by atoms with Crippen molar-refractivity contribution in [2.24, 2.45) is 5.73 Å². The Bertz CT molecular complexity index is 416. The van der Waals surface area contributed by atoms with Crippen LogP contribution in [0.2, 0.25) is 5.02 Å². The maximum atomic E-state index is 11.8. The highest BCUT2D eigenvalue weighted by Gasteiger charge is 2.32. The SMILES string of the molecule is Cc1csc(C(=O)NCC2(N)CCC2)c1Cl.Cl. The molecule has 3 nitrogen and oxygen atoms in total. The molecule has 1 amide bonds. The highest BCUT2D eigenvalue weighted by molar-refractivity contribution is 7.13. The first-order chi connectivity index (χ1) is 7.52. The number of rotatable bonds is 3. The summed E-state index contributed by atoms with van der Waals surface area (Å²) < 4.78 is 0. The number of hydrogen-bond acceptors (Lipinski definition) is 3. The van der Waals surface area contributed by atoms with E-state index in [9.17, 15) is 4.79 Å². The van der Waals surface area contributed by atoms with Crippen LogP contribution in [0.5, 0.6) is 0 Å². The Labute approximate surface area is 116 Å². The molecule has 96 valence electrons. The third-order valence-corrected chi connectivity index (χ3v) is 4.75. The quantitative estimate of drug-likeness (QED) is 0.901. The Morgan fingerprint density at radius 1 is 1.65 bits per heavy atom. The van der Waals surface area contributed by atoms with Gasteiger partial charge >= 0.3 is 0 Å². The predicted molar refractivity (Wildman–Crippen MR) is 74.4 cm³/mol. The lowest BCUT2D eigenvalue weighted by atomic mass is 9.78. The Balaban J connectivity index is 0.00000144. The van der Waals surface area contributed by atoms with Crippen molar-refractivity contribution in [3.63, 3.8) is 0 Å². The van der Waals surface area contributed by atoms with Crippen LogP contribution in [-0.2, 0) is 0 Å². The van der Waals surface area contributed by atoms with E-state index in [2.05, 4.69) is 5.32 Å². The van der Waals surface area contributed by atoms with Gasteiger partial charge in [0.15, 0.2) is 0 Å². The monoisotopic (exact) mass is 294 g/mol. The lowest BCUT2D eigenvalue weighted by Gasteiger charge is -2.38. The van der Waals surface area contributed by atoms with Crippen LogP contribution >= 0.6 is 35.3 Å². The molecule has 1 aliphatic carbocycles. The van der Waals surface area contributed by atoms with Gasteiger partial charge in [0.2, 0.25) is 0 Å². The van der Waals surface area contributed by atoms with Crippen molar-refractivity contribution in [2.45, 2.75) is 31.7 Å². The van der Waals surface area contributed by atoms with Crippen LogP contribution in [0.4, 0.5) is 0 Å². The predicted octanol–water partition coefficient (Wildman–Crippen LogP) is 2.74. The van der Waals surface area contributed by atoms with Crippen molar-refractivity contribution in [3.8, 4) is 0 Å². The smallest absolute Gasteiger partial charge is 0.262 e. The Morgan fingerprint density at radius 3 is 2.71 bits per heavy atom. The largest absolute Gasteiger partial charge is 0.349 e. The third-order valence-electron chi connectivity index (χ3n) is 3.06. The number of thiophene rings is 1. The molecule has 3 N–H and O–H groups in total. The summed E-state index contributed by atoms with van der Waals surface area (Å²) in [6.07, 6.45) is 3.14. The van der Waals surface area contributed by atoms with Gasteiger partial charge in [0, 0.05) is 12.1 Å². The first-order valence-corrected chi connectivity index (χ1v) is 6.58. The summed E-state index contributed by atoms with van der Waals surface area (Å²) in [6, 6.07) is 0. The van der Waals surface area contributed by atoms with Crippen molar-refractivity contribution < 1.29 is 4.79 Å². The van der Waals surface area contributed by atoms with Crippen LogP contribution < -0.4 is 11.1 Å². The van der Waals surface area contributed by atoms with Gasteiger partial charge in [0.05, 0.1) is 5.02 Å². The average molecular weight is 295 g/mol. The zero-order chi connectivity index (χ0) is 11.8.